The van der Waals surface area contributed by atoms with Crippen molar-refractivity contribution in [2.75, 3.05) is 13.1 Å². The number of benzene rings is 1. The molecule has 26 heavy (non-hydrogen) atoms. The van der Waals surface area contributed by atoms with E-state index in [1.807, 2.05) is 0 Å². The molecule has 9 heteroatoms. The zero-order valence-electron chi connectivity index (χ0n) is 13.9. The molecule has 1 amide bonds. The van der Waals surface area contributed by atoms with E-state index in [1.165, 1.54) is 6.07 Å². The first-order valence-electron chi connectivity index (χ1n) is 8.17. The Labute approximate surface area is 158 Å². The van der Waals surface area contributed by atoms with Gasteiger partial charge in [-0.25, -0.2) is 9.97 Å². The molecule has 1 fully saturated rings. The zero-order chi connectivity index (χ0) is 18.5. The lowest BCUT2D eigenvalue weighted by Crippen LogP contribution is -2.45. The number of nitro groups is 1. The molecule has 0 N–H and O–H groups in total. The van der Waals surface area contributed by atoms with Crippen LogP contribution in [0.25, 0.3) is 0 Å². The summed E-state index contributed by atoms with van der Waals surface area (Å²) < 4.78 is 6.52. The van der Waals surface area contributed by atoms with Crippen molar-refractivity contribution in [2.24, 2.45) is 0 Å². The van der Waals surface area contributed by atoms with Crippen molar-refractivity contribution in [3.05, 3.63) is 56.8 Å². The Balaban J connectivity index is 1.63. The fraction of sp³-hybridized carbons (Fsp3) is 0.353. The van der Waals surface area contributed by atoms with Crippen molar-refractivity contribution in [1.82, 2.24) is 14.9 Å². The number of hydrogen-bond donors (Lipinski definition) is 0. The van der Waals surface area contributed by atoms with Crippen LogP contribution in [0.15, 0.2) is 41.1 Å². The van der Waals surface area contributed by atoms with Crippen LogP contribution in [0.1, 0.15) is 18.4 Å². The first-order chi connectivity index (χ1) is 12.5. The van der Waals surface area contributed by atoms with Crippen LogP contribution in [0, 0.1) is 10.1 Å². The molecule has 0 bridgehead atoms. The van der Waals surface area contributed by atoms with E-state index < -0.39 is 4.92 Å². The fourth-order valence-electron chi connectivity index (χ4n) is 2.88. The summed E-state index contributed by atoms with van der Waals surface area (Å²) in [6, 6.07) is 6.59. The molecule has 2 aromatic rings. The SMILES string of the molecule is O=C(Cc1ccccc1[N+](=O)[O-])N1CCCC(Oc2ncc(Br)cn2)C1. The van der Waals surface area contributed by atoms with Crippen LogP contribution >= 0.6 is 15.9 Å². The lowest BCUT2D eigenvalue weighted by Gasteiger charge is -2.32. The van der Waals surface area contributed by atoms with Gasteiger partial charge in [0.15, 0.2) is 0 Å². The number of likely N-dealkylation sites (tertiary alicyclic amines) is 1. The van der Waals surface area contributed by atoms with Crippen molar-refractivity contribution in [2.45, 2.75) is 25.4 Å². The molecule has 1 aliphatic heterocycles. The van der Waals surface area contributed by atoms with Crippen molar-refractivity contribution >= 4 is 27.5 Å². The van der Waals surface area contributed by atoms with Crippen molar-refractivity contribution < 1.29 is 14.5 Å². The Kier molecular flexibility index (Phi) is 5.77. The predicted octanol–water partition coefficient (Wildman–Crippen LogP) is 2.76. The maximum absolute atomic E-state index is 12.6. The Morgan fingerprint density at radius 2 is 2.08 bits per heavy atom. The molecular formula is C17H17BrN4O4. The molecule has 3 rings (SSSR count). The molecular weight excluding hydrogens is 404 g/mol. The molecule has 1 atom stereocenters. The van der Waals surface area contributed by atoms with Gasteiger partial charge in [-0.2, -0.15) is 0 Å². The minimum Gasteiger partial charge on any atom is -0.458 e. The third kappa shape index (κ3) is 4.54. The second-order valence-electron chi connectivity index (χ2n) is 5.97. The van der Waals surface area contributed by atoms with Crippen molar-refractivity contribution in [3.8, 4) is 6.01 Å². The molecule has 0 aliphatic carbocycles. The third-order valence-corrected chi connectivity index (χ3v) is 4.54. The summed E-state index contributed by atoms with van der Waals surface area (Å²) in [5.74, 6) is -0.149. The lowest BCUT2D eigenvalue weighted by molar-refractivity contribution is -0.385. The van der Waals surface area contributed by atoms with Gasteiger partial charge in [-0.3, -0.25) is 14.9 Å². The summed E-state index contributed by atoms with van der Waals surface area (Å²) >= 11 is 3.27. The molecule has 8 nitrogen and oxygen atoms in total. The molecule has 2 heterocycles. The van der Waals surface area contributed by atoms with E-state index in [2.05, 4.69) is 25.9 Å². The van der Waals surface area contributed by atoms with E-state index in [4.69, 9.17) is 4.74 Å². The highest BCUT2D eigenvalue weighted by molar-refractivity contribution is 9.10. The Bertz CT molecular complexity index is 800. The second-order valence-corrected chi connectivity index (χ2v) is 6.88. The van der Waals surface area contributed by atoms with Crippen LogP contribution in [-0.2, 0) is 11.2 Å². The summed E-state index contributed by atoms with van der Waals surface area (Å²) in [5, 5.41) is 11.1. The average Bonchev–Trinajstić information content (AvgIpc) is 2.64. The number of para-hydroxylation sites is 1. The molecule has 1 aliphatic rings. The summed E-state index contributed by atoms with van der Waals surface area (Å²) in [6.45, 7) is 1.03. The highest BCUT2D eigenvalue weighted by Crippen LogP contribution is 2.21. The summed E-state index contributed by atoms with van der Waals surface area (Å²) in [7, 11) is 0. The number of nitrogens with zero attached hydrogens (tertiary/aromatic N) is 4. The first kappa shape index (κ1) is 18.2. The molecule has 1 aromatic carbocycles. The minimum atomic E-state index is -0.463. The normalized spacial score (nSPS) is 17.0. The summed E-state index contributed by atoms with van der Waals surface area (Å²) in [6.07, 6.45) is 4.60. The minimum absolute atomic E-state index is 0.00133. The molecule has 136 valence electrons. The van der Waals surface area contributed by atoms with Crippen molar-refractivity contribution in [1.29, 1.82) is 0 Å². The molecule has 0 radical (unpaired) electrons. The number of nitro benzene ring substituents is 1. The van der Waals surface area contributed by atoms with Gasteiger partial charge in [0.25, 0.3) is 5.69 Å². The van der Waals surface area contributed by atoms with Gasteiger partial charge >= 0.3 is 6.01 Å². The van der Waals surface area contributed by atoms with Gasteiger partial charge in [-0.15, -0.1) is 0 Å². The van der Waals surface area contributed by atoms with E-state index in [9.17, 15) is 14.9 Å². The van der Waals surface area contributed by atoms with Gasteiger partial charge in [-0.1, -0.05) is 18.2 Å². The number of piperidine rings is 1. The van der Waals surface area contributed by atoms with E-state index >= 15 is 0 Å². The molecule has 1 saturated heterocycles. The van der Waals surface area contributed by atoms with Gasteiger partial charge in [0.2, 0.25) is 5.91 Å². The first-order valence-corrected chi connectivity index (χ1v) is 8.96. The lowest BCUT2D eigenvalue weighted by atomic mass is 10.1. The van der Waals surface area contributed by atoms with Crippen LogP contribution in [0.4, 0.5) is 5.69 Å². The number of halogens is 1. The third-order valence-electron chi connectivity index (χ3n) is 4.13. The summed E-state index contributed by atoms with van der Waals surface area (Å²) in [4.78, 5) is 33.1. The number of carbonyl (C=O) groups is 1. The zero-order valence-corrected chi connectivity index (χ0v) is 15.5. The van der Waals surface area contributed by atoms with Crippen molar-refractivity contribution in [3.63, 3.8) is 0 Å². The Morgan fingerprint density at radius 1 is 1.35 bits per heavy atom. The van der Waals surface area contributed by atoms with E-state index in [0.29, 0.717) is 18.7 Å². The number of amides is 1. The molecule has 1 aromatic heterocycles. The van der Waals surface area contributed by atoms with Gasteiger partial charge in [-0.05, 0) is 28.8 Å². The van der Waals surface area contributed by atoms with E-state index in [1.54, 1.807) is 35.5 Å². The maximum Gasteiger partial charge on any atom is 0.316 e. The predicted molar refractivity (Wildman–Crippen MR) is 96.8 cm³/mol. The molecule has 0 spiro atoms. The number of carbonyl (C=O) groups excluding carboxylic acids is 1. The number of ether oxygens (including phenoxy) is 1. The standard InChI is InChI=1S/C17H17BrN4O4/c18-13-9-19-17(20-10-13)26-14-5-3-7-21(11-14)16(23)8-12-4-1-2-6-15(12)22(24)25/h1-2,4,6,9-10,14H,3,5,7-8,11H2. The van der Waals surface area contributed by atoms with Gasteiger partial charge in [0, 0.05) is 30.6 Å². The number of aromatic nitrogens is 2. The van der Waals surface area contributed by atoms with Crippen LogP contribution in [0.5, 0.6) is 6.01 Å². The molecule has 0 saturated carbocycles. The number of hydrogen-bond acceptors (Lipinski definition) is 6. The van der Waals surface area contributed by atoms with Gasteiger partial charge in [0.1, 0.15) is 6.10 Å². The molecule has 1 unspecified atom stereocenters. The van der Waals surface area contributed by atoms with E-state index in [0.717, 1.165) is 17.3 Å². The van der Waals surface area contributed by atoms with Crippen LogP contribution < -0.4 is 4.74 Å². The maximum atomic E-state index is 12.6. The fourth-order valence-corrected chi connectivity index (χ4v) is 3.09. The highest BCUT2D eigenvalue weighted by atomic mass is 79.9. The van der Waals surface area contributed by atoms with Crippen LogP contribution in [0.2, 0.25) is 0 Å². The Hall–Kier alpha value is -2.55. The average molecular weight is 421 g/mol. The Morgan fingerprint density at radius 3 is 2.81 bits per heavy atom. The van der Waals surface area contributed by atoms with Gasteiger partial charge < -0.3 is 9.64 Å². The van der Waals surface area contributed by atoms with E-state index in [-0.39, 0.29) is 30.1 Å². The smallest absolute Gasteiger partial charge is 0.316 e. The monoisotopic (exact) mass is 420 g/mol. The van der Waals surface area contributed by atoms with Crippen LogP contribution in [-0.4, -0.2) is 44.9 Å². The van der Waals surface area contributed by atoms with Crippen LogP contribution in [0.3, 0.4) is 0 Å². The van der Waals surface area contributed by atoms with Gasteiger partial charge in [0.05, 0.1) is 22.4 Å². The largest absolute Gasteiger partial charge is 0.458 e. The number of rotatable bonds is 5. The highest BCUT2D eigenvalue weighted by Gasteiger charge is 2.27. The summed E-state index contributed by atoms with van der Waals surface area (Å²) in [5.41, 5.74) is 0.385. The topological polar surface area (TPSA) is 98.5 Å². The quantitative estimate of drug-likeness (QED) is 0.544. The second kappa shape index (κ2) is 8.22.